The van der Waals surface area contributed by atoms with Crippen molar-refractivity contribution < 1.29 is 23.1 Å². The maximum absolute atomic E-state index is 12.4. The van der Waals surface area contributed by atoms with Gasteiger partial charge in [-0.25, -0.2) is 0 Å². The molecule has 7 heteroatoms. The summed E-state index contributed by atoms with van der Waals surface area (Å²) in [5, 5.41) is 17.1. The van der Waals surface area contributed by atoms with Crippen molar-refractivity contribution >= 4 is 5.97 Å². The Morgan fingerprint density at radius 3 is 2.42 bits per heavy atom. The Bertz CT molecular complexity index is 344. The van der Waals surface area contributed by atoms with Crippen LogP contribution in [-0.4, -0.2) is 41.8 Å². The average molecular weight is 278 g/mol. The van der Waals surface area contributed by atoms with E-state index in [9.17, 15) is 18.0 Å². The molecular weight excluding hydrogens is 261 g/mol. The van der Waals surface area contributed by atoms with E-state index in [1.807, 2.05) is 0 Å². The number of halogens is 3. The molecule has 0 spiro atoms. The molecule has 4 nitrogen and oxygen atoms in total. The fourth-order valence-corrected chi connectivity index (χ4v) is 2.26. The van der Waals surface area contributed by atoms with Crippen LogP contribution in [0.5, 0.6) is 0 Å². The zero-order valence-corrected chi connectivity index (χ0v) is 10.5. The Kier molecular flexibility index (Phi) is 5.60. The van der Waals surface area contributed by atoms with E-state index in [2.05, 4.69) is 0 Å². The van der Waals surface area contributed by atoms with Gasteiger partial charge in [-0.15, -0.1) is 0 Å². The molecule has 0 bridgehead atoms. The zero-order valence-electron chi connectivity index (χ0n) is 10.5. The van der Waals surface area contributed by atoms with E-state index < -0.39 is 18.1 Å². The van der Waals surface area contributed by atoms with E-state index in [4.69, 9.17) is 10.4 Å². The lowest BCUT2D eigenvalue weighted by molar-refractivity contribution is -0.164. The number of carbonyl (C=O) groups is 1. The highest BCUT2D eigenvalue weighted by Gasteiger charge is 2.41. The largest absolute Gasteiger partial charge is 0.481 e. The molecule has 1 fully saturated rings. The van der Waals surface area contributed by atoms with Crippen LogP contribution in [0.15, 0.2) is 0 Å². The maximum atomic E-state index is 12.4. The lowest BCUT2D eigenvalue weighted by atomic mass is 9.92. The molecule has 1 N–H and O–H groups in total. The van der Waals surface area contributed by atoms with Crippen molar-refractivity contribution in [2.24, 2.45) is 11.8 Å². The average Bonchev–Trinajstić information content (AvgIpc) is 2.33. The van der Waals surface area contributed by atoms with Crippen LogP contribution < -0.4 is 0 Å². The van der Waals surface area contributed by atoms with Gasteiger partial charge in [0, 0.05) is 13.0 Å². The number of likely N-dealkylation sites (tertiary alicyclic amines) is 1. The number of rotatable bonds is 5. The summed E-state index contributed by atoms with van der Waals surface area (Å²) >= 11 is 0. The van der Waals surface area contributed by atoms with Crippen LogP contribution in [-0.2, 0) is 4.79 Å². The van der Waals surface area contributed by atoms with Crippen molar-refractivity contribution in [1.82, 2.24) is 4.90 Å². The van der Waals surface area contributed by atoms with E-state index in [-0.39, 0.29) is 18.9 Å². The molecule has 1 aliphatic heterocycles. The molecule has 108 valence electrons. The summed E-state index contributed by atoms with van der Waals surface area (Å²) in [7, 11) is 0. The smallest absolute Gasteiger partial charge is 0.405 e. The fourth-order valence-electron chi connectivity index (χ4n) is 2.26. The topological polar surface area (TPSA) is 64.3 Å². The number of aliphatic carboxylic acids is 1. The van der Waals surface area contributed by atoms with Gasteiger partial charge in [0.1, 0.15) is 0 Å². The number of nitrogens with zero attached hydrogens (tertiary/aromatic N) is 2. The van der Waals surface area contributed by atoms with Crippen LogP contribution >= 0.6 is 0 Å². The molecule has 0 radical (unpaired) electrons. The number of carboxylic acids is 1. The van der Waals surface area contributed by atoms with E-state index in [1.165, 1.54) is 6.07 Å². The minimum absolute atomic E-state index is 0.105. The molecule has 0 aromatic rings. The number of hydrogen-bond acceptors (Lipinski definition) is 3. The quantitative estimate of drug-likeness (QED) is 0.837. The minimum atomic E-state index is -4.48. The summed E-state index contributed by atoms with van der Waals surface area (Å²) in [5.74, 6) is -2.52. The predicted molar refractivity (Wildman–Crippen MR) is 61.2 cm³/mol. The van der Waals surface area contributed by atoms with Gasteiger partial charge >= 0.3 is 12.1 Å². The third-order valence-corrected chi connectivity index (χ3v) is 3.47. The Morgan fingerprint density at radius 2 is 2.00 bits per heavy atom. The van der Waals surface area contributed by atoms with Crippen LogP contribution in [0, 0.1) is 23.2 Å². The third kappa shape index (κ3) is 5.47. The number of carboxylic acid groups (broad SMARTS) is 1. The maximum Gasteiger partial charge on any atom is 0.405 e. The molecule has 1 unspecified atom stereocenters. The van der Waals surface area contributed by atoms with Crippen LogP contribution in [0.2, 0.25) is 0 Å². The van der Waals surface area contributed by atoms with Crippen molar-refractivity contribution in [1.29, 1.82) is 5.26 Å². The summed E-state index contributed by atoms with van der Waals surface area (Å²) in [4.78, 5) is 12.1. The highest BCUT2D eigenvalue weighted by Crippen LogP contribution is 2.28. The predicted octanol–water partition coefficient (Wildman–Crippen LogP) is 2.27. The second kappa shape index (κ2) is 6.75. The first kappa shape index (κ1) is 15.8. The lowest BCUT2D eigenvalue weighted by Crippen LogP contribution is -2.40. The van der Waals surface area contributed by atoms with Gasteiger partial charge < -0.3 is 10.0 Å². The van der Waals surface area contributed by atoms with Crippen molar-refractivity contribution in [2.75, 3.05) is 19.6 Å². The molecular formula is C12H17F3N2O2. The number of alkyl halides is 3. The Balaban J connectivity index is 2.34. The van der Waals surface area contributed by atoms with Crippen LogP contribution in [0.1, 0.15) is 25.7 Å². The van der Waals surface area contributed by atoms with Gasteiger partial charge in [0.05, 0.1) is 6.07 Å². The van der Waals surface area contributed by atoms with Crippen molar-refractivity contribution in [3.8, 4) is 6.07 Å². The van der Waals surface area contributed by atoms with E-state index in [0.717, 1.165) is 0 Å². The van der Waals surface area contributed by atoms with Gasteiger partial charge in [-0.1, -0.05) is 0 Å². The fraction of sp³-hybridized carbons (Fsp3) is 0.833. The standard InChI is InChI=1S/C12H17F3N2O2/c13-12(14,15)10(7-16)8-17-5-3-9(4-6-17)1-2-11(18)19/h9-10H,1-6,8H2,(H,18,19). The molecule has 0 aliphatic carbocycles. The number of piperidine rings is 1. The van der Waals surface area contributed by atoms with Gasteiger partial charge in [-0.05, 0) is 38.3 Å². The molecule has 1 heterocycles. The SMILES string of the molecule is N#CC(CN1CCC(CCC(=O)O)CC1)C(F)(F)F. The van der Waals surface area contributed by atoms with Gasteiger partial charge in [0.25, 0.3) is 0 Å². The normalized spacial score (nSPS) is 19.9. The molecule has 1 aliphatic rings. The second-order valence-corrected chi connectivity index (χ2v) is 4.90. The second-order valence-electron chi connectivity index (χ2n) is 4.90. The first-order chi connectivity index (χ1) is 8.82. The Hall–Kier alpha value is -1.29. The molecule has 0 aromatic heterocycles. The van der Waals surface area contributed by atoms with E-state index in [0.29, 0.717) is 32.4 Å². The van der Waals surface area contributed by atoms with Crippen LogP contribution in [0.3, 0.4) is 0 Å². The first-order valence-corrected chi connectivity index (χ1v) is 6.23. The Morgan fingerprint density at radius 1 is 1.42 bits per heavy atom. The highest BCUT2D eigenvalue weighted by molar-refractivity contribution is 5.66. The molecule has 1 rings (SSSR count). The summed E-state index contributed by atoms with van der Waals surface area (Å²) in [6, 6.07) is 1.30. The van der Waals surface area contributed by atoms with Gasteiger partial charge in [-0.3, -0.25) is 4.79 Å². The highest BCUT2D eigenvalue weighted by atomic mass is 19.4. The molecule has 0 aromatic carbocycles. The summed E-state index contributed by atoms with van der Waals surface area (Å²) in [6.45, 7) is 0.711. The molecule has 0 saturated carbocycles. The Labute approximate surface area is 109 Å². The van der Waals surface area contributed by atoms with Gasteiger partial charge in [-0.2, -0.15) is 18.4 Å². The monoisotopic (exact) mass is 278 g/mol. The van der Waals surface area contributed by atoms with Crippen LogP contribution in [0.4, 0.5) is 13.2 Å². The van der Waals surface area contributed by atoms with E-state index in [1.54, 1.807) is 4.90 Å². The molecule has 1 saturated heterocycles. The first-order valence-electron chi connectivity index (χ1n) is 6.23. The van der Waals surface area contributed by atoms with Gasteiger partial charge in [0.15, 0.2) is 5.92 Å². The third-order valence-electron chi connectivity index (χ3n) is 3.47. The zero-order chi connectivity index (χ0) is 14.5. The lowest BCUT2D eigenvalue weighted by Gasteiger charge is -2.33. The van der Waals surface area contributed by atoms with Crippen molar-refractivity contribution in [3.63, 3.8) is 0 Å². The summed E-state index contributed by atoms with van der Waals surface area (Å²) < 4.78 is 37.3. The van der Waals surface area contributed by atoms with E-state index >= 15 is 0 Å². The van der Waals surface area contributed by atoms with Crippen molar-refractivity contribution in [2.45, 2.75) is 31.9 Å². The number of hydrogen-bond donors (Lipinski definition) is 1. The molecule has 19 heavy (non-hydrogen) atoms. The van der Waals surface area contributed by atoms with Gasteiger partial charge in [0.2, 0.25) is 0 Å². The summed E-state index contributed by atoms with van der Waals surface area (Å²) in [6.07, 6.45) is -2.40. The minimum Gasteiger partial charge on any atom is -0.481 e. The number of nitriles is 1. The molecule has 0 amide bonds. The van der Waals surface area contributed by atoms with Crippen LogP contribution in [0.25, 0.3) is 0 Å². The van der Waals surface area contributed by atoms with Crippen molar-refractivity contribution in [3.05, 3.63) is 0 Å². The summed E-state index contributed by atoms with van der Waals surface area (Å²) in [5.41, 5.74) is 0. The molecule has 1 atom stereocenters.